The van der Waals surface area contributed by atoms with Crippen LogP contribution in [0.25, 0.3) is 0 Å². The summed E-state index contributed by atoms with van der Waals surface area (Å²) in [5.41, 5.74) is 0. The predicted octanol–water partition coefficient (Wildman–Crippen LogP) is 0.864. The van der Waals surface area contributed by atoms with Gasteiger partial charge in [-0.25, -0.2) is 0 Å². The highest BCUT2D eigenvalue weighted by Crippen LogP contribution is 2.22. The maximum atomic E-state index is 11.7. The highest BCUT2D eigenvalue weighted by molar-refractivity contribution is 5.85. The zero-order chi connectivity index (χ0) is 12.4. The molecule has 98 valence electrons. The van der Waals surface area contributed by atoms with Crippen LogP contribution in [0.3, 0.4) is 0 Å². The van der Waals surface area contributed by atoms with Crippen molar-refractivity contribution in [2.24, 2.45) is 0 Å². The van der Waals surface area contributed by atoms with Gasteiger partial charge in [0, 0.05) is 19.4 Å². The van der Waals surface area contributed by atoms with E-state index in [0.717, 1.165) is 19.4 Å². The smallest absolute Gasteiger partial charge is 0.239 e. The molecule has 6 nitrogen and oxygen atoms in total. The van der Waals surface area contributed by atoms with Crippen molar-refractivity contribution in [3.63, 3.8) is 0 Å². The van der Waals surface area contributed by atoms with Crippen LogP contribution >= 0.6 is 0 Å². The second-order valence-corrected chi connectivity index (χ2v) is 4.73. The minimum Gasteiger partial charge on any atom is -0.380 e. The molecule has 0 spiro atoms. The van der Waals surface area contributed by atoms with E-state index in [4.69, 9.17) is 14.0 Å². The Labute approximate surface area is 105 Å². The lowest BCUT2D eigenvalue weighted by atomic mass is 10.0. The van der Waals surface area contributed by atoms with Gasteiger partial charge in [-0.3, -0.25) is 4.79 Å². The van der Waals surface area contributed by atoms with Gasteiger partial charge < -0.3 is 14.0 Å². The van der Waals surface area contributed by atoms with E-state index in [-0.39, 0.29) is 17.8 Å². The Morgan fingerprint density at radius 3 is 3.06 bits per heavy atom. The van der Waals surface area contributed by atoms with Crippen LogP contribution in [-0.2, 0) is 20.7 Å². The van der Waals surface area contributed by atoms with E-state index >= 15 is 0 Å². The molecule has 2 unspecified atom stereocenters. The first kappa shape index (κ1) is 11.8. The van der Waals surface area contributed by atoms with Crippen LogP contribution in [0.4, 0.5) is 0 Å². The Hall–Kier alpha value is -1.27. The van der Waals surface area contributed by atoms with E-state index in [2.05, 4.69) is 10.1 Å². The molecule has 2 saturated heterocycles. The van der Waals surface area contributed by atoms with E-state index in [0.29, 0.717) is 37.8 Å². The normalized spacial score (nSPS) is 28.8. The Balaban J connectivity index is 1.66. The van der Waals surface area contributed by atoms with Crippen LogP contribution in [0.15, 0.2) is 4.52 Å². The second kappa shape index (κ2) is 5.16. The summed E-state index contributed by atoms with van der Waals surface area (Å²) < 4.78 is 16.0. The number of hydrogen-bond acceptors (Lipinski definition) is 6. The summed E-state index contributed by atoms with van der Waals surface area (Å²) in [5.74, 6) is 0.737. The molecule has 18 heavy (non-hydrogen) atoms. The molecule has 3 heterocycles. The number of nitrogens with zero attached hydrogens (tertiary/aromatic N) is 2. The van der Waals surface area contributed by atoms with Crippen molar-refractivity contribution in [2.45, 2.75) is 37.7 Å². The van der Waals surface area contributed by atoms with Crippen molar-refractivity contribution in [3.8, 4) is 0 Å². The molecule has 2 fully saturated rings. The number of carbonyl (C=O) groups is 1. The van der Waals surface area contributed by atoms with Gasteiger partial charge in [-0.15, -0.1) is 0 Å². The van der Waals surface area contributed by atoms with Gasteiger partial charge in [-0.2, -0.15) is 4.98 Å². The molecule has 2 aliphatic rings. The van der Waals surface area contributed by atoms with Crippen molar-refractivity contribution in [2.75, 3.05) is 19.8 Å². The first-order valence-corrected chi connectivity index (χ1v) is 6.37. The minimum atomic E-state index is -0.385. The van der Waals surface area contributed by atoms with Gasteiger partial charge in [-0.05, 0) is 12.8 Å². The first-order chi connectivity index (χ1) is 8.83. The Morgan fingerprint density at radius 2 is 2.28 bits per heavy atom. The van der Waals surface area contributed by atoms with Gasteiger partial charge in [-0.1, -0.05) is 5.16 Å². The van der Waals surface area contributed by atoms with E-state index in [9.17, 15) is 4.79 Å². The van der Waals surface area contributed by atoms with Crippen LogP contribution in [0.2, 0.25) is 0 Å². The molecular formula is C12H16N2O4. The standard InChI is InChI=1S/C12H16N2O4/c15-10-3-5-16-7-9(10)12-13-11(14-18-12)6-8-2-1-4-17-8/h8-9H,1-7H2. The molecular weight excluding hydrogens is 236 g/mol. The van der Waals surface area contributed by atoms with Crippen molar-refractivity contribution in [1.82, 2.24) is 10.1 Å². The zero-order valence-corrected chi connectivity index (χ0v) is 10.1. The minimum absolute atomic E-state index is 0.119. The summed E-state index contributed by atoms with van der Waals surface area (Å²) in [6, 6.07) is 0. The average Bonchev–Trinajstić information content (AvgIpc) is 3.02. The molecule has 6 heteroatoms. The largest absolute Gasteiger partial charge is 0.380 e. The maximum Gasteiger partial charge on any atom is 0.239 e. The molecule has 0 N–H and O–H groups in total. The number of ether oxygens (including phenoxy) is 2. The maximum absolute atomic E-state index is 11.7. The van der Waals surface area contributed by atoms with E-state index in [1.165, 1.54) is 0 Å². The third kappa shape index (κ3) is 2.44. The Kier molecular flexibility index (Phi) is 3.38. The number of aromatic nitrogens is 2. The first-order valence-electron chi connectivity index (χ1n) is 6.37. The number of ketones is 1. The lowest BCUT2D eigenvalue weighted by Crippen LogP contribution is -2.25. The molecule has 0 amide bonds. The molecule has 2 atom stereocenters. The average molecular weight is 252 g/mol. The zero-order valence-electron chi connectivity index (χ0n) is 10.1. The van der Waals surface area contributed by atoms with Crippen LogP contribution in [0, 0.1) is 0 Å². The van der Waals surface area contributed by atoms with Crippen LogP contribution < -0.4 is 0 Å². The molecule has 0 aliphatic carbocycles. The van der Waals surface area contributed by atoms with Crippen LogP contribution in [-0.4, -0.2) is 41.8 Å². The molecule has 2 aliphatic heterocycles. The van der Waals surface area contributed by atoms with Crippen LogP contribution in [0.1, 0.15) is 36.9 Å². The fourth-order valence-electron chi connectivity index (χ4n) is 2.35. The SMILES string of the molecule is O=C1CCOCC1c1nc(CC2CCCO2)no1. The lowest BCUT2D eigenvalue weighted by Gasteiger charge is -2.17. The number of Topliss-reactive ketones (excluding diaryl/α,β-unsaturated/α-hetero) is 1. The van der Waals surface area contributed by atoms with Crippen LogP contribution in [0.5, 0.6) is 0 Å². The highest BCUT2D eigenvalue weighted by atomic mass is 16.5. The monoisotopic (exact) mass is 252 g/mol. The van der Waals surface area contributed by atoms with Gasteiger partial charge in [0.15, 0.2) is 5.82 Å². The third-order valence-electron chi connectivity index (χ3n) is 3.38. The molecule has 0 saturated carbocycles. The summed E-state index contributed by atoms with van der Waals surface area (Å²) in [4.78, 5) is 16.0. The molecule has 0 radical (unpaired) electrons. The van der Waals surface area contributed by atoms with Crippen molar-refractivity contribution < 1.29 is 18.8 Å². The number of hydrogen-bond donors (Lipinski definition) is 0. The van der Waals surface area contributed by atoms with Gasteiger partial charge >= 0.3 is 0 Å². The Bertz CT molecular complexity index is 425. The highest BCUT2D eigenvalue weighted by Gasteiger charge is 2.30. The summed E-state index contributed by atoms with van der Waals surface area (Å²) in [6.45, 7) is 1.65. The topological polar surface area (TPSA) is 74.5 Å². The fourth-order valence-corrected chi connectivity index (χ4v) is 2.35. The predicted molar refractivity (Wildman–Crippen MR) is 60.2 cm³/mol. The van der Waals surface area contributed by atoms with E-state index in [1.54, 1.807) is 0 Å². The number of carbonyl (C=O) groups excluding carboxylic acids is 1. The molecule has 0 bridgehead atoms. The summed E-state index contributed by atoms with van der Waals surface area (Å²) in [6.07, 6.45) is 3.40. The number of rotatable bonds is 3. The summed E-state index contributed by atoms with van der Waals surface area (Å²) in [5, 5.41) is 3.92. The van der Waals surface area contributed by atoms with E-state index < -0.39 is 0 Å². The molecule has 0 aromatic carbocycles. The van der Waals surface area contributed by atoms with Crippen molar-refractivity contribution >= 4 is 5.78 Å². The Morgan fingerprint density at radius 1 is 1.33 bits per heavy atom. The summed E-state index contributed by atoms with van der Waals surface area (Å²) >= 11 is 0. The molecule has 3 rings (SSSR count). The summed E-state index contributed by atoms with van der Waals surface area (Å²) in [7, 11) is 0. The van der Waals surface area contributed by atoms with Gasteiger partial charge in [0.05, 0.1) is 19.3 Å². The third-order valence-corrected chi connectivity index (χ3v) is 3.38. The van der Waals surface area contributed by atoms with Gasteiger partial charge in [0.1, 0.15) is 11.7 Å². The molecule has 1 aromatic heterocycles. The fraction of sp³-hybridized carbons (Fsp3) is 0.750. The van der Waals surface area contributed by atoms with E-state index in [1.807, 2.05) is 0 Å². The van der Waals surface area contributed by atoms with Crippen molar-refractivity contribution in [1.29, 1.82) is 0 Å². The quantitative estimate of drug-likeness (QED) is 0.794. The molecule has 1 aromatic rings. The van der Waals surface area contributed by atoms with Gasteiger partial charge in [0.2, 0.25) is 5.89 Å². The van der Waals surface area contributed by atoms with Crippen molar-refractivity contribution in [3.05, 3.63) is 11.7 Å². The lowest BCUT2D eigenvalue weighted by molar-refractivity contribution is -0.127. The van der Waals surface area contributed by atoms with Gasteiger partial charge in [0.25, 0.3) is 0 Å². The second-order valence-electron chi connectivity index (χ2n) is 4.73.